The number of anilines is 1. The van der Waals surface area contributed by atoms with Crippen molar-refractivity contribution in [3.05, 3.63) is 54.6 Å². The van der Waals surface area contributed by atoms with Crippen LogP contribution in [0.5, 0.6) is 0 Å². The highest BCUT2D eigenvalue weighted by Gasteiger charge is 2.29. The van der Waals surface area contributed by atoms with E-state index in [1.54, 1.807) is 11.8 Å². The van der Waals surface area contributed by atoms with E-state index in [1.807, 2.05) is 54.3 Å². The largest absolute Gasteiger partial charge is 0.341 e. The van der Waals surface area contributed by atoms with Crippen molar-refractivity contribution in [3.8, 4) is 0 Å². The van der Waals surface area contributed by atoms with Crippen molar-refractivity contribution in [2.75, 3.05) is 51.1 Å². The number of benzene rings is 2. The molecule has 1 N–H and O–H groups in total. The monoisotopic (exact) mass is 494 g/mol. The Morgan fingerprint density at radius 1 is 0.943 bits per heavy atom. The predicted molar refractivity (Wildman–Crippen MR) is 143 cm³/mol. The molecule has 2 fully saturated rings. The summed E-state index contributed by atoms with van der Waals surface area (Å²) in [5.74, 6) is 1.41. The average Bonchev–Trinajstić information content (AvgIpc) is 2.85. The molecule has 2 amide bonds. The third-order valence-electron chi connectivity index (χ3n) is 7.03. The van der Waals surface area contributed by atoms with Crippen LogP contribution in [0.15, 0.2) is 64.4 Å². The zero-order chi connectivity index (χ0) is 24.8. The Kier molecular flexibility index (Phi) is 8.87. The van der Waals surface area contributed by atoms with Gasteiger partial charge in [0.1, 0.15) is 0 Å². The normalized spacial score (nSPS) is 22.5. The molecule has 3 atom stereocenters. The molecule has 4 rings (SSSR count). The summed E-state index contributed by atoms with van der Waals surface area (Å²) in [6.07, 6.45) is 1.21. The number of carbonyl (C=O) groups excluding carboxylic acids is 2. The van der Waals surface area contributed by atoms with Gasteiger partial charge in [-0.3, -0.25) is 19.4 Å². The van der Waals surface area contributed by atoms with Gasteiger partial charge >= 0.3 is 0 Å². The molecule has 0 bridgehead atoms. The van der Waals surface area contributed by atoms with Gasteiger partial charge in [0, 0.05) is 49.1 Å². The molecule has 0 aliphatic carbocycles. The average molecular weight is 495 g/mol. The number of nitrogens with zero attached hydrogens (tertiary/aromatic N) is 3. The van der Waals surface area contributed by atoms with Crippen molar-refractivity contribution in [1.82, 2.24) is 14.7 Å². The molecule has 2 aliphatic rings. The maximum absolute atomic E-state index is 13.1. The summed E-state index contributed by atoms with van der Waals surface area (Å²) in [5.41, 5.74) is 0.840. The first-order chi connectivity index (χ1) is 16.9. The van der Waals surface area contributed by atoms with Crippen LogP contribution in [0.4, 0.5) is 5.69 Å². The number of rotatable bonds is 7. The fourth-order valence-electron chi connectivity index (χ4n) is 5.14. The summed E-state index contributed by atoms with van der Waals surface area (Å²) in [6, 6.07) is 17.9. The van der Waals surface area contributed by atoms with Crippen LogP contribution in [0.1, 0.15) is 27.2 Å². The van der Waals surface area contributed by atoms with E-state index >= 15 is 0 Å². The van der Waals surface area contributed by atoms with Crippen LogP contribution in [0.25, 0.3) is 0 Å². The van der Waals surface area contributed by atoms with Gasteiger partial charge in [-0.05, 0) is 49.4 Å². The van der Waals surface area contributed by atoms with Gasteiger partial charge in [0.2, 0.25) is 11.8 Å². The van der Waals surface area contributed by atoms with E-state index in [4.69, 9.17) is 0 Å². The van der Waals surface area contributed by atoms with Crippen LogP contribution in [0, 0.1) is 11.8 Å². The lowest BCUT2D eigenvalue weighted by Gasteiger charge is -2.39. The van der Waals surface area contributed by atoms with E-state index in [0.717, 1.165) is 54.7 Å². The smallest absolute Gasteiger partial charge is 0.241 e. The van der Waals surface area contributed by atoms with Gasteiger partial charge in [0.15, 0.2) is 0 Å². The van der Waals surface area contributed by atoms with E-state index in [9.17, 15) is 9.59 Å². The predicted octanol–water partition coefficient (Wildman–Crippen LogP) is 4.29. The van der Waals surface area contributed by atoms with E-state index < -0.39 is 0 Å². The molecule has 0 radical (unpaired) electrons. The Hall–Kier alpha value is -2.35. The Labute approximate surface area is 214 Å². The molecular formula is C28H38N4O2S. The van der Waals surface area contributed by atoms with Gasteiger partial charge in [0.05, 0.1) is 18.3 Å². The molecule has 0 spiro atoms. The molecule has 2 saturated heterocycles. The highest BCUT2D eigenvalue weighted by atomic mass is 32.2. The second kappa shape index (κ2) is 12.1. The van der Waals surface area contributed by atoms with Crippen LogP contribution < -0.4 is 5.32 Å². The third kappa shape index (κ3) is 7.09. The molecule has 35 heavy (non-hydrogen) atoms. The van der Waals surface area contributed by atoms with Crippen LogP contribution >= 0.6 is 11.8 Å². The van der Waals surface area contributed by atoms with Gasteiger partial charge in [-0.2, -0.15) is 0 Å². The summed E-state index contributed by atoms with van der Waals surface area (Å²) in [5, 5.41) is 3.15. The molecular weight excluding hydrogens is 456 g/mol. The Morgan fingerprint density at radius 2 is 1.57 bits per heavy atom. The zero-order valence-corrected chi connectivity index (χ0v) is 22.0. The Bertz CT molecular complexity index is 983. The first-order valence-corrected chi connectivity index (χ1v) is 13.6. The number of nitrogens with one attached hydrogen (secondary N) is 1. The van der Waals surface area contributed by atoms with Gasteiger partial charge in [-0.25, -0.2) is 0 Å². The number of amides is 2. The fraction of sp³-hybridized carbons (Fsp3) is 0.500. The van der Waals surface area contributed by atoms with E-state index in [2.05, 4.69) is 41.1 Å². The van der Waals surface area contributed by atoms with Crippen molar-refractivity contribution >= 4 is 29.3 Å². The SMILES string of the molecule is CC1CC(C)CN(C(=O)CN2CCN(C(C)C(=O)Nc3ccccc3Sc3ccccc3)CC2)C1. The molecule has 7 heteroatoms. The highest BCUT2D eigenvalue weighted by Crippen LogP contribution is 2.33. The summed E-state index contributed by atoms with van der Waals surface area (Å²) in [4.78, 5) is 34.6. The quantitative estimate of drug-likeness (QED) is 0.623. The first-order valence-electron chi connectivity index (χ1n) is 12.8. The highest BCUT2D eigenvalue weighted by molar-refractivity contribution is 7.99. The standard InChI is InChI=1S/C28H38N4O2S/c1-21-17-22(2)19-32(18-21)27(33)20-30-13-15-31(16-14-30)23(3)28(34)29-25-11-7-8-12-26(25)35-24-9-5-4-6-10-24/h4-12,21-23H,13-20H2,1-3H3,(H,29,34). The van der Waals surface area contributed by atoms with Crippen LogP contribution in [-0.2, 0) is 9.59 Å². The van der Waals surface area contributed by atoms with Crippen LogP contribution in [0.2, 0.25) is 0 Å². The second-order valence-corrected chi connectivity index (χ2v) is 11.2. The minimum absolute atomic E-state index is 0.00642. The zero-order valence-electron chi connectivity index (χ0n) is 21.2. The van der Waals surface area contributed by atoms with Crippen molar-refractivity contribution in [1.29, 1.82) is 0 Å². The number of carbonyl (C=O) groups is 2. The van der Waals surface area contributed by atoms with Gasteiger partial charge < -0.3 is 10.2 Å². The molecule has 3 unspecified atom stereocenters. The summed E-state index contributed by atoms with van der Waals surface area (Å²) < 4.78 is 0. The number of piperidine rings is 1. The van der Waals surface area contributed by atoms with Gasteiger partial charge in [0.25, 0.3) is 0 Å². The third-order valence-corrected chi connectivity index (χ3v) is 8.11. The maximum Gasteiger partial charge on any atom is 0.241 e. The lowest BCUT2D eigenvalue weighted by atomic mass is 9.92. The number of piperazine rings is 1. The first kappa shape index (κ1) is 25.7. The van der Waals surface area contributed by atoms with Crippen molar-refractivity contribution < 1.29 is 9.59 Å². The molecule has 2 aromatic rings. The van der Waals surface area contributed by atoms with E-state index in [0.29, 0.717) is 18.4 Å². The van der Waals surface area contributed by atoms with Gasteiger partial charge in [-0.15, -0.1) is 0 Å². The van der Waals surface area contributed by atoms with Gasteiger partial charge in [-0.1, -0.05) is 55.9 Å². The minimum atomic E-state index is -0.230. The van der Waals surface area contributed by atoms with Crippen LogP contribution in [0.3, 0.4) is 0 Å². The fourth-order valence-corrected chi connectivity index (χ4v) is 6.07. The maximum atomic E-state index is 13.1. The summed E-state index contributed by atoms with van der Waals surface area (Å²) in [6.45, 7) is 11.9. The van der Waals surface area contributed by atoms with Crippen molar-refractivity contribution in [2.24, 2.45) is 11.8 Å². The minimum Gasteiger partial charge on any atom is -0.341 e. The molecule has 0 saturated carbocycles. The molecule has 2 heterocycles. The van der Waals surface area contributed by atoms with E-state index in [1.165, 1.54) is 6.42 Å². The number of hydrogen-bond acceptors (Lipinski definition) is 5. The molecule has 2 aromatic carbocycles. The lowest BCUT2D eigenvalue weighted by molar-refractivity contribution is -0.136. The molecule has 2 aliphatic heterocycles. The second-order valence-electron chi connectivity index (χ2n) is 10.1. The number of para-hydroxylation sites is 1. The topological polar surface area (TPSA) is 55.9 Å². The molecule has 0 aromatic heterocycles. The molecule has 188 valence electrons. The lowest BCUT2D eigenvalue weighted by Crippen LogP contribution is -2.55. The van der Waals surface area contributed by atoms with Crippen molar-refractivity contribution in [3.63, 3.8) is 0 Å². The van der Waals surface area contributed by atoms with Crippen LogP contribution in [-0.4, -0.2) is 78.4 Å². The van der Waals surface area contributed by atoms with Crippen molar-refractivity contribution in [2.45, 2.75) is 43.0 Å². The molecule has 6 nitrogen and oxygen atoms in total. The van der Waals surface area contributed by atoms with E-state index in [-0.39, 0.29) is 17.9 Å². The number of hydrogen-bond donors (Lipinski definition) is 1. The Balaban J connectivity index is 1.27. The summed E-state index contributed by atoms with van der Waals surface area (Å²) in [7, 11) is 0. The Morgan fingerprint density at radius 3 is 2.26 bits per heavy atom. The number of likely N-dealkylation sites (tertiary alicyclic amines) is 1. The summed E-state index contributed by atoms with van der Waals surface area (Å²) >= 11 is 1.65.